The van der Waals surface area contributed by atoms with Crippen LogP contribution in [0.4, 0.5) is 13.2 Å². The van der Waals surface area contributed by atoms with Gasteiger partial charge in [0.1, 0.15) is 11.6 Å². The molecule has 1 saturated heterocycles. The van der Waals surface area contributed by atoms with Crippen LogP contribution in [0.3, 0.4) is 0 Å². The minimum atomic E-state index is -4.93. The molecule has 8 nitrogen and oxygen atoms in total. The Hall–Kier alpha value is -3.88. The van der Waals surface area contributed by atoms with E-state index in [0.29, 0.717) is 31.3 Å². The molecule has 1 atom stereocenters. The van der Waals surface area contributed by atoms with Gasteiger partial charge in [-0.05, 0) is 55.9 Å². The van der Waals surface area contributed by atoms with Crippen LogP contribution in [-0.4, -0.2) is 50.1 Å². The molecule has 6 rings (SSSR count). The van der Waals surface area contributed by atoms with Crippen molar-refractivity contribution in [3.05, 3.63) is 53.9 Å². The zero-order valence-electron chi connectivity index (χ0n) is 21.9. The van der Waals surface area contributed by atoms with Crippen LogP contribution in [0.2, 0.25) is 0 Å². The van der Waals surface area contributed by atoms with E-state index in [4.69, 9.17) is 14.8 Å². The molecule has 1 aliphatic carbocycles. The molecular formula is C29H28F3N5O3. The maximum atomic E-state index is 13.3. The zero-order chi connectivity index (χ0) is 28.0. The first-order valence-electron chi connectivity index (χ1n) is 13.3. The van der Waals surface area contributed by atoms with E-state index in [0.717, 1.165) is 53.9 Å². The number of aliphatic hydroxyl groups excluding tert-OH is 1. The largest absolute Gasteiger partial charge is 0.573 e. The number of nitrogens with zero attached hydrogens (tertiary/aromatic N) is 5. The van der Waals surface area contributed by atoms with Crippen LogP contribution in [-0.2, 0) is 18.3 Å². The van der Waals surface area contributed by atoms with Gasteiger partial charge >= 0.3 is 6.36 Å². The van der Waals surface area contributed by atoms with Gasteiger partial charge in [0.25, 0.3) is 0 Å². The van der Waals surface area contributed by atoms with Crippen molar-refractivity contribution in [1.29, 1.82) is 5.26 Å². The smallest absolute Gasteiger partial charge is 0.405 e. The molecule has 1 N–H and O–H groups in total. The van der Waals surface area contributed by atoms with Crippen molar-refractivity contribution in [3.63, 3.8) is 0 Å². The summed E-state index contributed by atoms with van der Waals surface area (Å²) >= 11 is 0. The summed E-state index contributed by atoms with van der Waals surface area (Å²) in [5.74, 6) is 0.231. The van der Waals surface area contributed by atoms with Gasteiger partial charge < -0.3 is 19.1 Å². The summed E-state index contributed by atoms with van der Waals surface area (Å²) < 4.78 is 53.2. The van der Waals surface area contributed by atoms with Gasteiger partial charge in [-0.25, -0.2) is 4.98 Å². The van der Waals surface area contributed by atoms with Crippen molar-refractivity contribution in [2.45, 2.75) is 50.6 Å². The lowest BCUT2D eigenvalue weighted by Gasteiger charge is -2.26. The highest BCUT2D eigenvalue weighted by Crippen LogP contribution is 2.47. The molecule has 2 aromatic carbocycles. The van der Waals surface area contributed by atoms with Crippen LogP contribution >= 0.6 is 0 Å². The highest BCUT2D eigenvalue weighted by atomic mass is 19.4. The second-order valence-corrected chi connectivity index (χ2v) is 10.5. The van der Waals surface area contributed by atoms with Crippen molar-refractivity contribution in [2.75, 3.05) is 13.2 Å². The summed E-state index contributed by atoms with van der Waals surface area (Å²) in [6.07, 6.45) is -0.0403. The third kappa shape index (κ3) is 5.17. The Morgan fingerprint density at radius 1 is 1.15 bits per heavy atom. The second-order valence-electron chi connectivity index (χ2n) is 10.5. The molecule has 2 aliphatic rings. The van der Waals surface area contributed by atoms with Crippen LogP contribution in [0.25, 0.3) is 33.5 Å². The summed E-state index contributed by atoms with van der Waals surface area (Å²) in [4.78, 5) is 4.88. The first kappa shape index (κ1) is 26.3. The van der Waals surface area contributed by atoms with E-state index >= 15 is 0 Å². The number of rotatable bonds is 7. The van der Waals surface area contributed by atoms with Crippen LogP contribution in [0.15, 0.2) is 42.6 Å². The van der Waals surface area contributed by atoms with Crippen molar-refractivity contribution in [3.8, 4) is 34.5 Å². The fourth-order valence-electron chi connectivity index (χ4n) is 5.59. The van der Waals surface area contributed by atoms with Crippen LogP contribution < -0.4 is 4.74 Å². The zero-order valence-corrected chi connectivity index (χ0v) is 21.9. The lowest BCUT2D eigenvalue weighted by atomic mass is 9.94. The van der Waals surface area contributed by atoms with Gasteiger partial charge in [0, 0.05) is 49.0 Å². The van der Waals surface area contributed by atoms with E-state index in [1.165, 1.54) is 12.1 Å². The SMILES string of the molecule is Cn1c(-c2ccc(C#N)cc2OC(F)(F)F)nc(-c2cccc3nn(C[C@@H](O)C4CCOCC4)cc23)c1C1CC1. The molecule has 0 amide bonds. The van der Waals surface area contributed by atoms with E-state index < -0.39 is 18.2 Å². The molecule has 0 bridgehead atoms. The molecule has 0 unspecified atom stereocenters. The summed E-state index contributed by atoms with van der Waals surface area (Å²) in [5.41, 5.74) is 3.37. The number of hydrogen-bond acceptors (Lipinski definition) is 6. The number of aliphatic hydroxyl groups is 1. The number of hydrogen-bond donors (Lipinski definition) is 1. The minimum Gasteiger partial charge on any atom is -0.405 e. The third-order valence-electron chi connectivity index (χ3n) is 7.72. The molecule has 40 heavy (non-hydrogen) atoms. The number of halogens is 3. The Balaban J connectivity index is 1.42. The fourth-order valence-corrected chi connectivity index (χ4v) is 5.59. The van der Waals surface area contributed by atoms with E-state index in [1.54, 1.807) is 11.7 Å². The van der Waals surface area contributed by atoms with Gasteiger partial charge in [-0.3, -0.25) is 4.68 Å². The number of alkyl halides is 3. The van der Waals surface area contributed by atoms with Crippen molar-refractivity contribution in [2.24, 2.45) is 13.0 Å². The van der Waals surface area contributed by atoms with E-state index in [9.17, 15) is 23.5 Å². The number of benzene rings is 2. The Morgan fingerprint density at radius 3 is 2.62 bits per heavy atom. The van der Waals surface area contributed by atoms with Crippen molar-refractivity contribution in [1.82, 2.24) is 19.3 Å². The summed E-state index contributed by atoms with van der Waals surface area (Å²) in [6.45, 7) is 1.65. The van der Waals surface area contributed by atoms with Crippen molar-refractivity contribution >= 4 is 10.9 Å². The maximum Gasteiger partial charge on any atom is 0.573 e. The predicted molar refractivity (Wildman–Crippen MR) is 140 cm³/mol. The van der Waals surface area contributed by atoms with Gasteiger partial charge in [-0.2, -0.15) is 10.4 Å². The molecule has 1 saturated carbocycles. The number of imidazole rings is 1. The lowest BCUT2D eigenvalue weighted by molar-refractivity contribution is -0.274. The van der Waals surface area contributed by atoms with Crippen LogP contribution in [0, 0.1) is 17.2 Å². The lowest BCUT2D eigenvalue weighted by Crippen LogP contribution is -2.30. The molecular weight excluding hydrogens is 523 g/mol. The molecule has 2 aromatic heterocycles. The Morgan fingerprint density at radius 2 is 1.93 bits per heavy atom. The molecule has 0 spiro atoms. The summed E-state index contributed by atoms with van der Waals surface area (Å²) in [6, 6.07) is 11.6. The first-order chi connectivity index (χ1) is 19.2. The molecule has 208 valence electrons. The predicted octanol–water partition coefficient (Wildman–Crippen LogP) is 5.54. The normalized spacial score (nSPS) is 17.2. The number of aromatic nitrogens is 4. The molecule has 1 aliphatic heterocycles. The van der Waals surface area contributed by atoms with Gasteiger partial charge in [0.2, 0.25) is 0 Å². The topological polar surface area (TPSA) is 98.1 Å². The van der Waals surface area contributed by atoms with Gasteiger partial charge in [-0.1, -0.05) is 12.1 Å². The molecule has 2 fully saturated rings. The minimum absolute atomic E-state index is 0.0555. The Labute approximate surface area is 228 Å². The average molecular weight is 552 g/mol. The third-order valence-corrected chi connectivity index (χ3v) is 7.72. The van der Waals surface area contributed by atoms with Gasteiger partial charge in [0.15, 0.2) is 0 Å². The molecule has 0 radical (unpaired) electrons. The Kier molecular flexibility index (Phi) is 6.76. The quantitative estimate of drug-likeness (QED) is 0.324. The van der Waals surface area contributed by atoms with Crippen LogP contribution in [0.5, 0.6) is 5.75 Å². The van der Waals surface area contributed by atoms with Gasteiger partial charge in [0.05, 0.1) is 41.1 Å². The average Bonchev–Trinajstić information content (AvgIpc) is 3.59. The first-order valence-corrected chi connectivity index (χ1v) is 13.3. The summed E-state index contributed by atoms with van der Waals surface area (Å²) in [5, 5.41) is 25.6. The maximum absolute atomic E-state index is 13.3. The highest BCUT2D eigenvalue weighted by Gasteiger charge is 2.36. The van der Waals surface area contributed by atoms with Crippen molar-refractivity contribution < 1.29 is 27.8 Å². The Bertz CT molecular complexity index is 1590. The van der Waals surface area contributed by atoms with E-state index in [1.807, 2.05) is 35.0 Å². The van der Waals surface area contributed by atoms with E-state index in [-0.39, 0.29) is 23.0 Å². The number of ether oxygens (including phenoxy) is 2. The van der Waals surface area contributed by atoms with Crippen LogP contribution in [0.1, 0.15) is 42.9 Å². The standard InChI is InChI=1S/C29H28F3N5O3/c1-36-27(19-6-7-19)26(34-28(36)21-8-5-17(14-33)13-25(21)40-29(30,31)32)20-3-2-4-23-22(20)15-37(35-23)16-24(38)18-9-11-39-12-10-18/h2-5,8,13,15,18-19,24,38H,6-7,9-12,16H2,1H3/t24-/m1/s1. The molecule has 11 heteroatoms. The number of nitriles is 1. The van der Waals surface area contributed by atoms with Gasteiger partial charge in [-0.15, -0.1) is 13.2 Å². The summed E-state index contributed by atoms with van der Waals surface area (Å²) in [7, 11) is 1.79. The highest BCUT2D eigenvalue weighted by molar-refractivity contribution is 5.94. The second kappa shape index (κ2) is 10.3. The number of fused-ring (bicyclic) bond motifs is 1. The molecule has 3 heterocycles. The molecule has 4 aromatic rings. The fraction of sp³-hybridized carbons (Fsp3) is 0.414. The van der Waals surface area contributed by atoms with E-state index in [2.05, 4.69) is 4.74 Å². The monoisotopic (exact) mass is 551 g/mol.